The fourth-order valence-electron chi connectivity index (χ4n) is 2.02. The molecular weight excluding hydrogens is 226 g/mol. The Kier molecular flexibility index (Phi) is 3.44. The van der Waals surface area contributed by atoms with Gasteiger partial charge in [-0.3, -0.25) is 4.79 Å². The minimum atomic E-state index is -0.457. The van der Waals surface area contributed by atoms with Crippen molar-refractivity contribution in [3.8, 4) is 11.1 Å². The fourth-order valence-corrected chi connectivity index (χ4v) is 2.02. The van der Waals surface area contributed by atoms with E-state index in [0.29, 0.717) is 5.56 Å². The van der Waals surface area contributed by atoms with Gasteiger partial charge in [-0.15, -0.1) is 0 Å². The summed E-state index contributed by atoms with van der Waals surface area (Å²) in [6.07, 6.45) is 0. The van der Waals surface area contributed by atoms with E-state index in [1.54, 1.807) is 6.07 Å². The lowest BCUT2D eigenvalue weighted by Crippen LogP contribution is -2.13. The van der Waals surface area contributed by atoms with Crippen LogP contribution in [0.1, 0.15) is 21.5 Å². The Morgan fingerprint density at radius 2 is 1.89 bits per heavy atom. The van der Waals surface area contributed by atoms with E-state index in [-0.39, 0.29) is 6.61 Å². The number of nitrogens with two attached hydrogens (primary N) is 1. The number of hydrogen-bond acceptors (Lipinski definition) is 2. The average Bonchev–Trinajstić information content (AvgIpc) is 2.38. The Labute approximate surface area is 106 Å². The van der Waals surface area contributed by atoms with Crippen molar-refractivity contribution in [1.29, 1.82) is 0 Å². The van der Waals surface area contributed by atoms with Crippen LogP contribution in [0.4, 0.5) is 0 Å². The Morgan fingerprint density at radius 3 is 2.56 bits per heavy atom. The number of aryl methyl sites for hydroxylation is 1. The summed E-state index contributed by atoms with van der Waals surface area (Å²) in [4.78, 5) is 11.5. The van der Waals surface area contributed by atoms with Crippen LogP contribution in [0.5, 0.6) is 0 Å². The van der Waals surface area contributed by atoms with E-state index in [2.05, 4.69) is 0 Å². The van der Waals surface area contributed by atoms with E-state index in [1.807, 2.05) is 43.3 Å². The minimum Gasteiger partial charge on any atom is -0.392 e. The Bertz CT molecular complexity index is 591. The normalized spacial score (nSPS) is 10.3. The molecular formula is C15H15NO2. The third-order valence-electron chi connectivity index (χ3n) is 2.92. The first-order chi connectivity index (χ1) is 8.63. The third kappa shape index (κ3) is 2.26. The lowest BCUT2D eigenvalue weighted by molar-refractivity contribution is 0.100. The van der Waals surface area contributed by atoms with Gasteiger partial charge >= 0.3 is 0 Å². The van der Waals surface area contributed by atoms with Crippen LogP contribution in [0.15, 0.2) is 42.5 Å². The number of amides is 1. The molecule has 1 amide bonds. The molecule has 92 valence electrons. The fraction of sp³-hybridized carbons (Fsp3) is 0.133. The minimum absolute atomic E-state index is 0.0672. The highest BCUT2D eigenvalue weighted by atomic mass is 16.3. The first kappa shape index (κ1) is 12.3. The Morgan fingerprint density at radius 1 is 1.17 bits per heavy atom. The van der Waals surface area contributed by atoms with E-state index >= 15 is 0 Å². The summed E-state index contributed by atoms with van der Waals surface area (Å²) in [7, 11) is 0. The van der Waals surface area contributed by atoms with Crippen LogP contribution in [0.25, 0.3) is 11.1 Å². The van der Waals surface area contributed by atoms with E-state index < -0.39 is 5.91 Å². The summed E-state index contributed by atoms with van der Waals surface area (Å²) >= 11 is 0. The maximum atomic E-state index is 11.5. The van der Waals surface area contributed by atoms with Gasteiger partial charge in [0.05, 0.1) is 6.61 Å². The van der Waals surface area contributed by atoms with Crippen LogP contribution in [0.3, 0.4) is 0 Å². The monoisotopic (exact) mass is 241 g/mol. The molecule has 2 rings (SSSR count). The Hall–Kier alpha value is -2.13. The smallest absolute Gasteiger partial charge is 0.249 e. The van der Waals surface area contributed by atoms with Crippen molar-refractivity contribution < 1.29 is 9.90 Å². The number of benzene rings is 2. The summed E-state index contributed by atoms with van der Waals surface area (Å²) in [5.41, 5.74) is 9.26. The maximum absolute atomic E-state index is 11.5. The van der Waals surface area contributed by atoms with Gasteiger partial charge in [0, 0.05) is 5.56 Å². The summed E-state index contributed by atoms with van der Waals surface area (Å²) in [6.45, 7) is 1.84. The van der Waals surface area contributed by atoms with Crippen LogP contribution in [0.2, 0.25) is 0 Å². The molecule has 0 atom stereocenters. The topological polar surface area (TPSA) is 63.3 Å². The average molecular weight is 241 g/mol. The summed E-state index contributed by atoms with van der Waals surface area (Å²) in [6, 6.07) is 13.0. The van der Waals surface area contributed by atoms with Crippen molar-refractivity contribution in [3.05, 3.63) is 59.2 Å². The quantitative estimate of drug-likeness (QED) is 0.865. The molecule has 2 aromatic carbocycles. The predicted molar refractivity (Wildman–Crippen MR) is 71.1 cm³/mol. The number of aliphatic hydroxyl groups excluding tert-OH is 1. The highest BCUT2D eigenvalue weighted by Crippen LogP contribution is 2.27. The van der Waals surface area contributed by atoms with Gasteiger partial charge in [0.1, 0.15) is 0 Å². The SMILES string of the molecule is Cc1ccc(-c2ccccc2CO)c(C(N)=O)c1. The van der Waals surface area contributed by atoms with Crippen LogP contribution in [-0.2, 0) is 6.61 Å². The molecule has 2 aromatic rings. The van der Waals surface area contributed by atoms with Gasteiger partial charge in [-0.05, 0) is 29.7 Å². The number of carbonyl (C=O) groups excluding carboxylic acids is 1. The standard InChI is InChI=1S/C15H15NO2/c1-10-6-7-13(14(8-10)15(16)18)12-5-3-2-4-11(12)9-17/h2-8,17H,9H2,1H3,(H2,16,18). The maximum Gasteiger partial charge on any atom is 0.249 e. The molecule has 3 heteroatoms. The van der Waals surface area contributed by atoms with Crippen molar-refractivity contribution in [1.82, 2.24) is 0 Å². The van der Waals surface area contributed by atoms with E-state index in [0.717, 1.165) is 22.3 Å². The zero-order valence-corrected chi connectivity index (χ0v) is 10.2. The van der Waals surface area contributed by atoms with Crippen molar-refractivity contribution in [2.45, 2.75) is 13.5 Å². The van der Waals surface area contributed by atoms with Crippen LogP contribution in [0, 0.1) is 6.92 Å². The predicted octanol–water partition coefficient (Wildman–Crippen LogP) is 2.25. The molecule has 0 saturated heterocycles. The molecule has 0 aliphatic heterocycles. The third-order valence-corrected chi connectivity index (χ3v) is 2.92. The van der Waals surface area contributed by atoms with E-state index in [4.69, 9.17) is 5.73 Å². The molecule has 0 spiro atoms. The second kappa shape index (κ2) is 5.02. The number of aliphatic hydroxyl groups is 1. The molecule has 0 radical (unpaired) electrons. The highest BCUT2D eigenvalue weighted by molar-refractivity contribution is 6.00. The van der Waals surface area contributed by atoms with Gasteiger partial charge in [-0.2, -0.15) is 0 Å². The first-order valence-electron chi connectivity index (χ1n) is 5.73. The molecule has 3 N–H and O–H groups in total. The summed E-state index contributed by atoms with van der Waals surface area (Å²) in [5, 5.41) is 9.35. The highest BCUT2D eigenvalue weighted by Gasteiger charge is 2.12. The second-order valence-corrected chi connectivity index (χ2v) is 4.23. The van der Waals surface area contributed by atoms with Crippen molar-refractivity contribution in [2.75, 3.05) is 0 Å². The van der Waals surface area contributed by atoms with Gasteiger partial charge < -0.3 is 10.8 Å². The molecule has 0 bridgehead atoms. The van der Waals surface area contributed by atoms with Gasteiger partial charge in [-0.25, -0.2) is 0 Å². The van der Waals surface area contributed by atoms with Crippen molar-refractivity contribution in [3.63, 3.8) is 0 Å². The molecule has 0 aromatic heterocycles. The largest absolute Gasteiger partial charge is 0.392 e. The number of primary amides is 1. The Balaban J connectivity index is 2.67. The van der Waals surface area contributed by atoms with Gasteiger partial charge in [0.15, 0.2) is 0 Å². The first-order valence-corrected chi connectivity index (χ1v) is 5.73. The zero-order valence-electron chi connectivity index (χ0n) is 10.2. The molecule has 18 heavy (non-hydrogen) atoms. The zero-order chi connectivity index (χ0) is 13.1. The van der Waals surface area contributed by atoms with Crippen LogP contribution < -0.4 is 5.73 Å². The number of rotatable bonds is 3. The molecule has 0 fully saturated rings. The number of hydrogen-bond donors (Lipinski definition) is 2. The van der Waals surface area contributed by atoms with Gasteiger partial charge in [-0.1, -0.05) is 42.0 Å². The van der Waals surface area contributed by atoms with E-state index in [9.17, 15) is 9.90 Å². The van der Waals surface area contributed by atoms with E-state index in [1.165, 1.54) is 0 Å². The van der Waals surface area contributed by atoms with Gasteiger partial charge in [0.2, 0.25) is 5.91 Å². The molecule has 0 heterocycles. The van der Waals surface area contributed by atoms with Gasteiger partial charge in [0.25, 0.3) is 0 Å². The molecule has 0 aliphatic carbocycles. The molecule has 0 unspecified atom stereocenters. The molecule has 0 aliphatic rings. The number of carbonyl (C=O) groups is 1. The molecule has 0 saturated carbocycles. The summed E-state index contributed by atoms with van der Waals surface area (Å²) < 4.78 is 0. The molecule has 3 nitrogen and oxygen atoms in total. The van der Waals surface area contributed by atoms with Crippen LogP contribution in [-0.4, -0.2) is 11.0 Å². The van der Waals surface area contributed by atoms with Crippen molar-refractivity contribution in [2.24, 2.45) is 5.73 Å². The lowest BCUT2D eigenvalue weighted by atomic mass is 9.94. The van der Waals surface area contributed by atoms with Crippen molar-refractivity contribution >= 4 is 5.91 Å². The summed E-state index contributed by atoms with van der Waals surface area (Å²) in [5.74, 6) is -0.457. The van der Waals surface area contributed by atoms with Crippen LogP contribution >= 0.6 is 0 Å². The second-order valence-electron chi connectivity index (χ2n) is 4.23. The lowest BCUT2D eigenvalue weighted by Gasteiger charge is -2.11.